The normalized spacial score (nSPS) is 14.8. The smallest absolute Gasteiger partial charge is 0.332 e. The summed E-state index contributed by atoms with van der Waals surface area (Å²) in [6, 6.07) is 9.73. The largest absolute Gasteiger partial charge is 0.493 e. The van der Waals surface area contributed by atoms with Gasteiger partial charge in [-0.05, 0) is 43.0 Å². The molecule has 1 fully saturated rings. The molecular formula is C28H34N4O7. The van der Waals surface area contributed by atoms with E-state index in [0.717, 1.165) is 23.8 Å². The van der Waals surface area contributed by atoms with Crippen LogP contribution in [0, 0.1) is 0 Å². The second kappa shape index (κ2) is 12.6. The number of hydrogen-bond donors (Lipinski definition) is 2. The van der Waals surface area contributed by atoms with E-state index in [4.69, 9.17) is 14.2 Å². The van der Waals surface area contributed by atoms with Gasteiger partial charge in [-0.25, -0.2) is 4.79 Å². The minimum absolute atomic E-state index is 0.0453. The molecule has 39 heavy (non-hydrogen) atoms. The molecule has 208 valence electrons. The van der Waals surface area contributed by atoms with Gasteiger partial charge in [0.25, 0.3) is 11.5 Å². The zero-order valence-electron chi connectivity index (χ0n) is 22.5. The summed E-state index contributed by atoms with van der Waals surface area (Å²) < 4.78 is 18.7. The fraction of sp³-hybridized carbons (Fsp3) is 0.429. The third kappa shape index (κ3) is 6.31. The first kappa shape index (κ1) is 27.9. The number of nitrogens with zero attached hydrogens (tertiary/aromatic N) is 2. The Morgan fingerprint density at radius 3 is 2.38 bits per heavy atom. The van der Waals surface area contributed by atoms with Gasteiger partial charge in [0.2, 0.25) is 5.91 Å². The van der Waals surface area contributed by atoms with E-state index in [-0.39, 0.29) is 41.9 Å². The van der Waals surface area contributed by atoms with Gasteiger partial charge in [-0.15, -0.1) is 0 Å². The third-order valence-corrected chi connectivity index (χ3v) is 6.68. The van der Waals surface area contributed by atoms with E-state index >= 15 is 0 Å². The lowest BCUT2D eigenvalue weighted by atomic mass is 10.1. The number of methoxy groups -OCH3 is 2. The van der Waals surface area contributed by atoms with Crippen LogP contribution in [-0.2, 0) is 22.6 Å². The molecule has 0 saturated carbocycles. The molecule has 2 N–H and O–H groups in total. The molecule has 0 spiro atoms. The fourth-order valence-corrected chi connectivity index (χ4v) is 4.55. The molecule has 0 bridgehead atoms. The average Bonchev–Trinajstić information content (AvgIpc) is 3.48. The first-order chi connectivity index (χ1) is 18.9. The molecule has 3 aromatic rings. The molecule has 2 amide bonds. The van der Waals surface area contributed by atoms with Crippen molar-refractivity contribution in [1.82, 2.24) is 19.8 Å². The molecule has 11 heteroatoms. The van der Waals surface area contributed by atoms with Crippen LogP contribution in [0.2, 0.25) is 0 Å². The quantitative estimate of drug-likeness (QED) is 0.380. The Kier molecular flexibility index (Phi) is 9.03. The molecule has 2 heterocycles. The van der Waals surface area contributed by atoms with E-state index in [9.17, 15) is 19.2 Å². The van der Waals surface area contributed by atoms with Gasteiger partial charge in [0, 0.05) is 31.3 Å². The first-order valence-electron chi connectivity index (χ1n) is 13.0. The summed E-state index contributed by atoms with van der Waals surface area (Å²) in [7, 11) is 2.91. The molecule has 1 saturated heterocycles. The van der Waals surface area contributed by atoms with Gasteiger partial charge in [0.05, 0.1) is 37.8 Å². The van der Waals surface area contributed by atoms with Gasteiger partial charge in [0.1, 0.15) is 6.54 Å². The Labute approximate surface area is 225 Å². The number of nitrogens with one attached hydrogen (secondary N) is 2. The van der Waals surface area contributed by atoms with Crippen molar-refractivity contribution in [2.24, 2.45) is 0 Å². The van der Waals surface area contributed by atoms with Crippen molar-refractivity contribution in [2.45, 2.75) is 45.4 Å². The standard InChI is InChI=1S/C28H34N4O7/c1-4-11-29-26(34)19-9-7-18(8-10-19)16-32-27(35)21-13-23(37-2)24(38-3)14-22(21)31(28(32)36)17-25(33)30-15-20-6-5-12-39-20/h7-10,13-14,20H,4-6,11-12,15-17H2,1-3H3,(H,29,34)(H,30,33)/t20-/m0/s1. The molecule has 0 unspecified atom stereocenters. The molecule has 1 atom stereocenters. The molecule has 4 rings (SSSR count). The van der Waals surface area contributed by atoms with Crippen LogP contribution in [0.5, 0.6) is 11.5 Å². The van der Waals surface area contributed by atoms with Crippen LogP contribution in [-0.4, -0.2) is 61.0 Å². The summed E-state index contributed by atoms with van der Waals surface area (Å²) in [4.78, 5) is 52.3. The summed E-state index contributed by atoms with van der Waals surface area (Å²) in [6.45, 7) is 3.21. The minimum atomic E-state index is -0.642. The second-order valence-corrected chi connectivity index (χ2v) is 9.38. The maximum atomic E-state index is 13.6. The zero-order valence-corrected chi connectivity index (χ0v) is 22.5. The van der Waals surface area contributed by atoms with Crippen molar-refractivity contribution in [1.29, 1.82) is 0 Å². The van der Waals surface area contributed by atoms with Crippen molar-refractivity contribution < 1.29 is 23.8 Å². The van der Waals surface area contributed by atoms with Gasteiger partial charge in [-0.1, -0.05) is 19.1 Å². The van der Waals surface area contributed by atoms with E-state index in [1.807, 2.05) is 6.92 Å². The third-order valence-electron chi connectivity index (χ3n) is 6.68. The highest BCUT2D eigenvalue weighted by molar-refractivity contribution is 5.94. The minimum Gasteiger partial charge on any atom is -0.493 e. The summed E-state index contributed by atoms with van der Waals surface area (Å²) in [5, 5.41) is 5.84. The monoisotopic (exact) mass is 538 g/mol. The second-order valence-electron chi connectivity index (χ2n) is 9.38. The number of carbonyl (C=O) groups excluding carboxylic acids is 2. The number of aromatic nitrogens is 2. The highest BCUT2D eigenvalue weighted by atomic mass is 16.5. The van der Waals surface area contributed by atoms with Crippen LogP contribution in [0.4, 0.5) is 0 Å². The number of benzene rings is 2. The van der Waals surface area contributed by atoms with Gasteiger partial charge >= 0.3 is 5.69 Å². The zero-order chi connectivity index (χ0) is 27.9. The van der Waals surface area contributed by atoms with Crippen LogP contribution in [0.3, 0.4) is 0 Å². The summed E-state index contributed by atoms with van der Waals surface area (Å²) >= 11 is 0. The fourth-order valence-electron chi connectivity index (χ4n) is 4.55. The number of ether oxygens (including phenoxy) is 3. The highest BCUT2D eigenvalue weighted by Gasteiger charge is 2.21. The van der Waals surface area contributed by atoms with E-state index < -0.39 is 11.2 Å². The van der Waals surface area contributed by atoms with Crippen molar-refractivity contribution in [3.8, 4) is 11.5 Å². The number of rotatable bonds is 11. The molecule has 2 aromatic carbocycles. The summed E-state index contributed by atoms with van der Waals surface area (Å²) in [5.41, 5.74) is 0.216. The van der Waals surface area contributed by atoms with Crippen molar-refractivity contribution in [3.63, 3.8) is 0 Å². The predicted octanol–water partition coefficient (Wildman–Crippen LogP) is 1.66. The number of carbonyl (C=O) groups is 2. The molecule has 0 radical (unpaired) electrons. The Balaban J connectivity index is 1.71. The van der Waals surface area contributed by atoms with Gasteiger partial charge in [-0.3, -0.25) is 23.5 Å². The summed E-state index contributed by atoms with van der Waals surface area (Å²) in [5.74, 6) is 0.0798. The predicted molar refractivity (Wildman–Crippen MR) is 146 cm³/mol. The number of amides is 2. The first-order valence-corrected chi connectivity index (χ1v) is 13.0. The van der Waals surface area contributed by atoms with E-state index in [1.54, 1.807) is 24.3 Å². The maximum Gasteiger partial charge on any atom is 0.332 e. The number of fused-ring (bicyclic) bond motifs is 1. The number of hydrogen-bond acceptors (Lipinski definition) is 7. The Morgan fingerprint density at radius 2 is 1.74 bits per heavy atom. The van der Waals surface area contributed by atoms with Gasteiger partial charge < -0.3 is 24.8 Å². The molecule has 11 nitrogen and oxygen atoms in total. The Hall–Kier alpha value is -4.12. The van der Waals surface area contributed by atoms with Crippen LogP contribution in [0.1, 0.15) is 42.1 Å². The molecule has 0 aliphatic carbocycles. The Bertz CT molecular complexity index is 1450. The lowest BCUT2D eigenvalue weighted by Crippen LogP contribution is -2.43. The molecule has 1 aliphatic rings. The van der Waals surface area contributed by atoms with E-state index in [2.05, 4.69) is 10.6 Å². The topological polar surface area (TPSA) is 130 Å². The lowest BCUT2D eigenvalue weighted by molar-refractivity contribution is -0.122. The lowest BCUT2D eigenvalue weighted by Gasteiger charge is -2.17. The van der Waals surface area contributed by atoms with E-state index in [0.29, 0.717) is 42.3 Å². The molecule has 1 aliphatic heterocycles. The van der Waals surface area contributed by atoms with Crippen molar-refractivity contribution in [3.05, 3.63) is 68.4 Å². The van der Waals surface area contributed by atoms with Crippen LogP contribution in [0.25, 0.3) is 10.9 Å². The van der Waals surface area contributed by atoms with Crippen LogP contribution < -0.4 is 31.4 Å². The Morgan fingerprint density at radius 1 is 1.03 bits per heavy atom. The highest BCUT2D eigenvalue weighted by Crippen LogP contribution is 2.30. The van der Waals surface area contributed by atoms with E-state index in [1.165, 1.54) is 30.9 Å². The van der Waals surface area contributed by atoms with Gasteiger partial charge in [0.15, 0.2) is 11.5 Å². The molecule has 1 aromatic heterocycles. The summed E-state index contributed by atoms with van der Waals surface area (Å²) in [6.07, 6.45) is 2.59. The van der Waals surface area contributed by atoms with Crippen LogP contribution >= 0.6 is 0 Å². The van der Waals surface area contributed by atoms with Crippen molar-refractivity contribution >= 4 is 22.7 Å². The maximum absolute atomic E-state index is 13.6. The van der Waals surface area contributed by atoms with Crippen LogP contribution in [0.15, 0.2) is 46.0 Å². The SMILES string of the molecule is CCCNC(=O)c1ccc(Cn2c(=O)c3cc(OC)c(OC)cc3n(CC(=O)NC[C@@H]3CCCO3)c2=O)cc1. The average molecular weight is 539 g/mol. The van der Waals surface area contributed by atoms with Gasteiger partial charge in [-0.2, -0.15) is 0 Å². The van der Waals surface area contributed by atoms with Crippen molar-refractivity contribution in [2.75, 3.05) is 33.9 Å². The molecular weight excluding hydrogens is 504 g/mol.